The van der Waals surface area contributed by atoms with Crippen LogP contribution in [0.2, 0.25) is 5.02 Å². The zero-order chi connectivity index (χ0) is 21.9. The predicted octanol–water partition coefficient (Wildman–Crippen LogP) is 3.02. The number of carbonyl (C=O) groups is 1. The summed E-state index contributed by atoms with van der Waals surface area (Å²) in [7, 11) is -7.82. The molecule has 11 heteroatoms. The summed E-state index contributed by atoms with van der Waals surface area (Å²) in [6.07, 6.45) is 3.81. The largest absolute Gasteiger partial charge is 0.478 e. The molecule has 160 valence electrons. The average Bonchev–Trinajstić information content (AvgIpc) is 3.23. The number of anilines is 1. The molecule has 8 nitrogen and oxygen atoms in total. The normalized spacial score (nSPS) is 15.5. The van der Waals surface area contributed by atoms with E-state index in [9.17, 15) is 21.6 Å². The summed E-state index contributed by atoms with van der Waals surface area (Å²) >= 11 is 6.09. The molecular formula is C19H19ClN2O6S2. The molecule has 3 rings (SSSR count). The van der Waals surface area contributed by atoms with Crippen molar-refractivity contribution in [2.45, 2.75) is 22.6 Å². The van der Waals surface area contributed by atoms with Gasteiger partial charge in [0, 0.05) is 19.2 Å². The number of carboxylic acids is 1. The first-order valence-corrected chi connectivity index (χ1v) is 12.2. The molecule has 0 radical (unpaired) electrons. The molecule has 2 aromatic carbocycles. The number of rotatable bonds is 7. The van der Waals surface area contributed by atoms with E-state index in [1.54, 1.807) is 0 Å². The third-order valence-corrected chi connectivity index (χ3v) is 8.25. The molecule has 0 bridgehead atoms. The second-order valence-corrected chi connectivity index (χ2v) is 10.6. The Balaban J connectivity index is 1.86. The minimum absolute atomic E-state index is 0.0134. The second kappa shape index (κ2) is 8.76. The van der Waals surface area contributed by atoms with Gasteiger partial charge < -0.3 is 5.11 Å². The van der Waals surface area contributed by atoms with Crippen molar-refractivity contribution >= 4 is 49.4 Å². The minimum atomic E-state index is -4.00. The molecule has 0 spiro atoms. The number of nitrogens with zero attached hydrogens (tertiary/aromatic N) is 1. The molecule has 1 heterocycles. The molecule has 1 saturated heterocycles. The van der Waals surface area contributed by atoms with Gasteiger partial charge in [-0.3, -0.25) is 4.72 Å². The van der Waals surface area contributed by atoms with E-state index in [2.05, 4.69) is 4.72 Å². The number of aliphatic carboxylic acids is 1. The van der Waals surface area contributed by atoms with E-state index in [0.29, 0.717) is 18.7 Å². The maximum absolute atomic E-state index is 12.8. The molecule has 0 unspecified atom stereocenters. The number of hydrogen-bond donors (Lipinski definition) is 2. The van der Waals surface area contributed by atoms with Crippen LogP contribution in [-0.2, 0) is 24.8 Å². The summed E-state index contributed by atoms with van der Waals surface area (Å²) in [6, 6.07) is 9.48. The molecule has 1 fully saturated rings. The van der Waals surface area contributed by atoms with Gasteiger partial charge in [-0.2, -0.15) is 4.31 Å². The van der Waals surface area contributed by atoms with Gasteiger partial charge in [0.1, 0.15) is 4.90 Å². The van der Waals surface area contributed by atoms with Gasteiger partial charge in [0.05, 0.1) is 15.6 Å². The second-order valence-electron chi connectivity index (χ2n) is 6.60. The van der Waals surface area contributed by atoms with Crippen LogP contribution in [-0.4, -0.2) is 45.3 Å². The van der Waals surface area contributed by atoms with Crippen molar-refractivity contribution in [2.75, 3.05) is 17.8 Å². The molecule has 0 saturated carbocycles. The van der Waals surface area contributed by atoms with Crippen molar-refractivity contribution in [2.24, 2.45) is 0 Å². The van der Waals surface area contributed by atoms with E-state index >= 15 is 0 Å². The topological polar surface area (TPSA) is 121 Å². The highest BCUT2D eigenvalue weighted by Gasteiger charge is 2.29. The van der Waals surface area contributed by atoms with Crippen LogP contribution in [0.25, 0.3) is 6.08 Å². The molecule has 2 N–H and O–H groups in total. The van der Waals surface area contributed by atoms with E-state index in [-0.39, 0.29) is 20.5 Å². The Hall–Kier alpha value is -2.40. The summed E-state index contributed by atoms with van der Waals surface area (Å²) in [5.41, 5.74) is 0.578. The fraction of sp³-hybridized carbons (Fsp3) is 0.211. The maximum Gasteiger partial charge on any atom is 0.328 e. The standard InChI is InChI=1S/C19H19ClN2O6S2/c20-17-9-6-15(13-18(17)30(27,28)22-11-1-2-12-22)21-29(25,26)16-7-3-14(4-8-16)5-10-19(23)24/h3-10,13,21H,1-2,11-12H2,(H,23,24). The quantitative estimate of drug-likeness (QED) is 0.600. The van der Waals surface area contributed by atoms with E-state index < -0.39 is 26.0 Å². The highest BCUT2D eigenvalue weighted by molar-refractivity contribution is 7.92. The molecule has 0 aliphatic carbocycles. The lowest BCUT2D eigenvalue weighted by Gasteiger charge is -2.17. The van der Waals surface area contributed by atoms with Crippen LogP contribution in [0.15, 0.2) is 58.3 Å². The van der Waals surface area contributed by atoms with Gasteiger partial charge in [-0.1, -0.05) is 23.7 Å². The van der Waals surface area contributed by atoms with Crippen LogP contribution in [0.3, 0.4) is 0 Å². The van der Waals surface area contributed by atoms with Crippen LogP contribution in [0.5, 0.6) is 0 Å². The molecule has 2 aromatic rings. The van der Waals surface area contributed by atoms with E-state index in [1.165, 1.54) is 52.8 Å². The zero-order valence-electron chi connectivity index (χ0n) is 15.7. The summed E-state index contributed by atoms with van der Waals surface area (Å²) in [5, 5.41) is 8.66. The Morgan fingerprint density at radius 1 is 1.03 bits per heavy atom. The molecule has 0 amide bonds. The van der Waals surface area contributed by atoms with Gasteiger partial charge in [-0.15, -0.1) is 0 Å². The molecule has 30 heavy (non-hydrogen) atoms. The van der Waals surface area contributed by atoms with Crippen molar-refractivity contribution in [3.05, 3.63) is 59.1 Å². The van der Waals surface area contributed by atoms with Crippen molar-refractivity contribution < 1.29 is 26.7 Å². The molecule has 0 atom stereocenters. The van der Waals surface area contributed by atoms with E-state index in [4.69, 9.17) is 16.7 Å². The number of carboxylic acid groups (broad SMARTS) is 1. The summed E-state index contributed by atoms with van der Waals surface area (Å²) in [5.74, 6) is -1.12. The van der Waals surface area contributed by atoms with Crippen molar-refractivity contribution in [1.82, 2.24) is 4.31 Å². The highest BCUT2D eigenvalue weighted by Crippen LogP contribution is 2.30. The third-order valence-electron chi connectivity index (χ3n) is 4.48. The average molecular weight is 471 g/mol. The predicted molar refractivity (Wildman–Crippen MR) is 113 cm³/mol. The van der Waals surface area contributed by atoms with E-state index in [1.807, 2.05) is 0 Å². The first-order chi connectivity index (χ1) is 14.1. The zero-order valence-corrected chi connectivity index (χ0v) is 18.0. The molecule has 1 aliphatic rings. The van der Waals surface area contributed by atoms with Gasteiger partial charge >= 0.3 is 5.97 Å². The Morgan fingerprint density at radius 2 is 1.67 bits per heavy atom. The summed E-state index contributed by atoms with van der Waals surface area (Å²) in [4.78, 5) is 10.3. The number of benzene rings is 2. The van der Waals surface area contributed by atoms with Crippen LogP contribution in [0.1, 0.15) is 18.4 Å². The molecule has 0 aromatic heterocycles. The Morgan fingerprint density at radius 3 is 2.27 bits per heavy atom. The number of halogens is 1. The Labute approximate surface area is 179 Å². The van der Waals surface area contributed by atoms with Crippen molar-refractivity contribution in [1.29, 1.82) is 0 Å². The Bertz CT molecular complexity index is 1190. The number of hydrogen-bond acceptors (Lipinski definition) is 5. The highest BCUT2D eigenvalue weighted by atomic mass is 35.5. The first-order valence-electron chi connectivity index (χ1n) is 8.93. The smallest absolute Gasteiger partial charge is 0.328 e. The van der Waals surface area contributed by atoms with Gasteiger partial charge in [0.2, 0.25) is 10.0 Å². The monoisotopic (exact) mass is 470 g/mol. The van der Waals surface area contributed by atoms with Gasteiger partial charge in [-0.05, 0) is 54.8 Å². The van der Waals surface area contributed by atoms with Gasteiger partial charge in [0.25, 0.3) is 10.0 Å². The Kier molecular flexibility index (Phi) is 6.51. The van der Waals surface area contributed by atoms with E-state index in [0.717, 1.165) is 18.9 Å². The van der Waals surface area contributed by atoms with Gasteiger partial charge in [0.15, 0.2) is 0 Å². The van der Waals surface area contributed by atoms with Crippen LogP contribution in [0, 0.1) is 0 Å². The SMILES string of the molecule is O=C(O)C=Cc1ccc(S(=O)(=O)Nc2ccc(Cl)c(S(=O)(=O)N3CCCC3)c2)cc1. The summed E-state index contributed by atoms with van der Waals surface area (Å²) < 4.78 is 54.6. The minimum Gasteiger partial charge on any atom is -0.478 e. The number of sulfonamides is 2. The first kappa shape index (κ1) is 22.3. The van der Waals surface area contributed by atoms with Crippen LogP contribution < -0.4 is 4.72 Å². The van der Waals surface area contributed by atoms with Crippen molar-refractivity contribution in [3.8, 4) is 0 Å². The maximum atomic E-state index is 12.8. The van der Waals surface area contributed by atoms with Crippen LogP contribution >= 0.6 is 11.6 Å². The van der Waals surface area contributed by atoms with Crippen LogP contribution in [0.4, 0.5) is 5.69 Å². The molecular weight excluding hydrogens is 452 g/mol. The summed E-state index contributed by atoms with van der Waals surface area (Å²) in [6.45, 7) is 0.800. The lowest BCUT2D eigenvalue weighted by molar-refractivity contribution is -0.131. The number of nitrogens with one attached hydrogen (secondary N) is 1. The van der Waals surface area contributed by atoms with Gasteiger partial charge in [-0.25, -0.2) is 21.6 Å². The third kappa shape index (κ3) is 5.01. The van der Waals surface area contributed by atoms with Crippen molar-refractivity contribution in [3.63, 3.8) is 0 Å². The lowest BCUT2D eigenvalue weighted by Crippen LogP contribution is -2.28. The fourth-order valence-corrected chi connectivity index (χ4v) is 6.04. The lowest BCUT2D eigenvalue weighted by atomic mass is 10.2. The molecule has 1 aliphatic heterocycles. The fourth-order valence-electron chi connectivity index (χ4n) is 2.97.